The van der Waals surface area contributed by atoms with E-state index in [0.29, 0.717) is 23.1 Å². The Kier molecular flexibility index (Phi) is 4.25. The summed E-state index contributed by atoms with van der Waals surface area (Å²) in [6, 6.07) is 2.10. The van der Waals surface area contributed by atoms with Crippen LogP contribution in [0, 0.1) is 18.3 Å². The minimum absolute atomic E-state index is 0.547. The van der Waals surface area contributed by atoms with Crippen molar-refractivity contribution in [1.82, 2.24) is 4.37 Å². The smallest absolute Gasteiger partial charge is 0.188 e. The molecule has 0 N–H and O–H groups in total. The number of nitriles is 1. The molecule has 1 aromatic rings. The van der Waals surface area contributed by atoms with Crippen molar-refractivity contribution in [2.45, 2.75) is 27.2 Å². The molecule has 0 radical (unpaired) electrons. The first-order valence-corrected chi connectivity index (χ1v) is 5.57. The van der Waals surface area contributed by atoms with Gasteiger partial charge in [-0.1, -0.05) is 6.92 Å². The number of rotatable bonds is 3. The molecule has 15 heavy (non-hydrogen) atoms. The fourth-order valence-corrected chi connectivity index (χ4v) is 1.80. The van der Waals surface area contributed by atoms with Crippen molar-refractivity contribution in [3.05, 3.63) is 11.3 Å². The van der Waals surface area contributed by atoms with Gasteiger partial charge in [0.25, 0.3) is 0 Å². The van der Waals surface area contributed by atoms with Crippen LogP contribution in [0.15, 0.2) is 4.99 Å². The van der Waals surface area contributed by atoms with Gasteiger partial charge in [0.2, 0.25) is 0 Å². The van der Waals surface area contributed by atoms with Crippen molar-refractivity contribution in [2.75, 3.05) is 6.61 Å². The topological polar surface area (TPSA) is 58.3 Å². The van der Waals surface area contributed by atoms with E-state index in [9.17, 15) is 0 Å². The molecule has 0 saturated carbocycles. The molecule has 0 aliphatic heterocycles. The molecular weight excluding hydrogens is 210 g/mol. The summed E-state index contributed by atoms with van der Waals surface area (Å²) in [5.41, 5.74) is 1.28. The van der Waals surface area contributed by atoms with E-state index >= 15 is 0 Å². The molecule has 4 nitrogen and oxygen atoms in total. The third-order valence-corrected chi connectivity index (χ3v) is 2.63. The van der Waals surface area contributed by atoms with Crippen molar-refractivity contribution in [2.24, 2.45) is 4.99 Å². The molecule has 0 aliphatic rings. The fourth-order valence-electron chi connectivity index (χ4n) is 1.06. The summed E-state index contributed by atoms with van der Waals surface area (Å²) in [6.07, 6.45) is 0.718. The van der Waals surface area contributed by atoms with Crippen LogP contribution >= 0.6 is 11.5 Å². The molecule has 0 aromatic carbocycles. The van der Waals surface area contributed by atoms with Gasteiger partial charge in [0, 0.05) is 6.42 Å². The van der Waals surface area contributed by atoms with Crippen LogP contribution in [0.2, 0.25) is 0 Å². The Morgan fingerprint density at radius 1 is 1.60 bits per heavy atom. The minimum Gasteiger partial charge on any atom is -0.481 e. The third-order valence-electron chi connectivity index (χ3n) is 1.80. The highest BCUT2D eigenvalue weighted by Gasteiger charge is 2.10. The Labute approximate surface area is 93.4 Å². The van der Waals surface area contributed by atoms with Gasteiger partial charge < -0.3 is 4.74 Å². The number of ether oxygens (including phenoxy) is 1. The number of aryl methyl sites for hydroxylation is 1. The molecule has 80 valence electrons. The van der Waals surface area contributed by atoms with Crippen LogP contribution in [0.3, 0.4) is 0 Å². The number of hydrogen-bond acceptors (Lipinski definition) is 5. The second-order valence-corrected chi connectivity index (χ2v) is 3.60. The van der Waals surface area contributed by atoms with Gasteiger partial charge in [-0.2, -0.15) is 9.64 Å². The lowest BCUT2D eigenvalue weighted by Crippen LogP contribution is -2.01. The van der Waals surface area contributed by atoms with Gasteiger partial charge in [-0.05, 0) is 25.4 Å². The van der Waals surface area contributed by atoms with Gasteiger partial charge in [-0.15, -0.1) is 0 Å². The lowest BCUT2D eigenvalue weighted by molar-refractivity contribution is 0.319. The lowest BCUT2D eigenvalue weighted by atomic mass is 10.3. The SMILES string of the molecule is CCO/C(CC)=N\c1snc(C)c1C#N. The van der Waals surface area contributed by atoms with Gasteiger partial charge in [0.05, 0.1) is 12.3 Å². The summed E-state index contributed by atoms with van der Waals surface area (Å²) >= 11 is 1.23. The molecule has 0 spiro atoms. The van der Waals surface area contributed by atoms with Crippen molar-refractivity contribution >= 4 is 22.4 Å². The molecule has 1 heterocycles. The summed E-state index contributed by atoms with van der Waals surface area (Å²) in [4.78, 5) is 4.29. The first-order valence-electron chi connectivity index (χ1n) is 4.79. The molecule has 0 unspecified atom stereocenters. The average molecular weight is 223 g/mol. The highest BCUT2D eigenvalue weighted by Crippen LogP contribution is 2.27. The molecule has 1 rings (SSSR count). The van der Waals surface area contributed by atoms with Crippen LogP contribution in [0.5, 0.6) is 0 Å². The van der Waals surface area contributed by atoms with E-state index in [0.717, 1.165) is 12.1 Å². The highest BCUT2D eigenvalue weighted by molar-refractivity contribution is 7.10. The number of hydrogen-bond donors (Lipinski definition) is 0. The Balaban J connectivity index is 3.01. The largest absolute Gasteiger partial charge is 0.481 e. The number of nitrogens with zero attached hydrogens (tertiary/aromatic N) is 3. The molecule has 5 heteroatoms. The molecule has 0 atom stereocenters. The van der Waals surface area contributed by atoms with Crippen LogP contribution in [0.4, 0.5) is 5.00 Å². The van der Waals surface area contributed by atoms with Crippen LogP contribution in [-0.4, -0.2) is 16.9 Å². The van der Waals surface area contributed by atoms with Crippen molar-refractivity contribution in [3.8, 4) is 6.07 Å². The van der Waals surface area contributed by atoms with Crippen LogP contribution in [0.1, 0.15) is 31.5 Å². The van der Waals surface area contributed by atoms with Crippen molar-refractivity contribution < 1.29 is 4.74 Å². The molecule has 0 bridgehead atoms. The Morgan fingerprint density at radius 2 is 2.33 bits per heavy atom. The van der Waals surface area contributed by atoms with Gasteiger partial charge in [0.1, 0.15) is 11.6 Å². The van der Waals surface area contributed by atoms with Crippen molar-refractivity contribution in [1.29, 1.82) is 5.26 Å². The monoisotopic (exact) mass is 223 g/mol. The normalized spacial score (nSPS) is 11.2. The predicted molar refractivity (Wildman–Crippen MR) is 60.6 cm³/mol. The Bertz CT molecular complexity index is 403. The zero-order valence-corrected chi connectivity index (χ0v) is 9.89. The lowest BCUT2D eigenvalue weighted by Gasteiger charge is -2.02. The summed E-state index contributed by atoms with van der Waals surface area (Å²) in [5.74, 6) is 0.651. The Hall–Kier alpha value is -1.41. The summed E-state index contributed by atoms with van der Waals surface area (Å²) in [5, 5.41) is 9.55. The maximum Gasteiger partial charge on any atom is 0.188 e. The van der Waals surface area contributed by atoms with Gasteiger partial charge >= 0.3 is 0 Å². The van der Waals surface area contributed by atoms with Gasteiger partial charge in [-0.25, -0.2) is 4.99 Å². The Morgan fingerprint density at radius 3 is 2.87 bits per heavy atom. The van der Waals surface area contributed by atoms with E-state index in [1.54, 1.807) is 6.92 Å². The van der Waals surface area contributed by atoms with E-state index < -0.39 is 0 Å². The zero-order valence-electron chi connectivity index (χ0n) is 9.07. The first kappa shape index (κ1) is 11.7. The van der Waals surface area contributed by atoms with E-state index in [4.69, 9.17) is 10.00 Å². The fraction of sp³-hybridized carbons (Fsp3) is 0.500. The summed E-state index contributed by atoms with van der Waals surface area (Å²) < 4.78 is 9.41. The van der Waals surface area contributed by atoms with Crippen molar-refractivity contribution in [3.63, 3.8) is 0 Å². The van der Waals surface area contributed by atoms with E-state index in [1.807, 2.05) is 13.8 Å². The predicted octanol–water partition coefficient (Wildman–Crippen LogP) is 2.80. The molecule has 0 amide bonds. The number of aliphatic imine (C=N–C) groups is 1. The highest BCUT2D eigenvalue weighted by atomic mass is 32.1. The van der Waals surface area contributed by atoms with E-state index in [-0.39, 0.29) is 0 Å². The maximum atomic E-state index is 8.91. The molecule has 0 aliphatic carbocycles. The molecule has 0 fully saturated rings. The zero-order chi connectivity index (χ0) is 11.3. The second kappa shape index (κ2) is 5.47. The molecule has 0 saturated heterocycles. The standard InChI is InChI=1S/C10H13N3OS/c1-4-9(14-5-2)12-10-8(6-11)7(3)13-15-10/h4-5H2,1-3H3/b12-9-. The average Bonchev–Trinajstić information content (AvgIpc) is 2.58. The number of aromatic nitrogens is 1. The quantitative estimate of drug-likeness (QED) is 0.584. The summed E-state index contributed by atoms with van der Waals surface area (Å²) in [7, 11) is 0. The molecular formula is C10H13N3OS. The van der Waals surface area contributed by atoms with Gasteiger partial charge in [-0.3, -0.25) is 0 Å². The maximum absolute atomic E-state index is 8.91. The molecule has 1 aromatic heterocycles. The van der Waals surface area contributed by atoms with E-state index in [1.165, 1.54) is 11.5 Å². The van der Waals surface area contributed by atoms with Crippen LogP contribution < -0.4 is 0 Å². The summed E-state index contributed by atoms with van der Waals surface area (Å²) in [6.45, 7) is 6.27. The first-order chi connectivity index (χ1) is 7.22. The van der Waals surface area contributed by atoms with Crippen LogP contribution in [-0.2, 0) is 4.74 Å². The second-order valence-electron chi connectivity index (χ2n) is 2.85. The third kappa shape index (κ3) is 2.77. The van der Waals surface area contributed by atoms with Gasteiger partial charge in [0.15, 0.2) is 10.9 Å². The van der Waals surface area contributed by atoms with E-state index in [2.05, 4.69) is 15.4 Å². The van der Waals surface area contributed by atoms with Crippen LogP contribution in [0.25, 0.3) is 0 Å². The minimum atomic E-state index is 0.547.